The molecule has 0 bridgehead atoms. The summed E-state index contributed by atoms with van der Waals surface area (Å²) in [6.07, 6.45) is 7.02. The van der Waals surface area contributed by atoms with Gasteiger partial charge >= 0.3 is 0 Å². The van der Waals surface area contributed by atoms with Crippen molar-refractivity contribution < 1.29 is 19.4 Å². The summed E-state index contributed by atoms with van der Waals surface area (Å²) >= 11 is 0. The van der Waals surface area contributed by atoms with Crippen molar-refractivity contribution in [2.24, 2.45) is 5.92 Å². The van der Waals surface area contributed by atoms with Crippen LogP contribution in [0, 0.1) is 5.92 Å². The number of fused-ring (bicyclic) bond motifs is 1. The van der Waals surface area contributed by atoms with Gasteiger partial charge in [-0.2, -0.15) is 9.61 Å². The number of carbonyl (C=O) groups is 2. The van der Waals surface area contributed by atoms with Gasteiger partial charge in [0.1, 0.15) is 5.65 Å². The molecule has 172 valence electrons. The van der Waals surface area contributed by atoms with Gasteiger partial charge < -0.3 is 20.1 Å². The van der Waals surface area contributed by atoms with Crippen LogP contribution in [0.4, 0.5) is 0 Å². The molecule has 2 aromatic heterocycles. The minimum Gasteiger partial charge on any atom is -0.492 e. The molecule has 2 N–H and O–H groups in total. The van der Waals surface area contributed by atoms with E-state index in [2.05, 4.69) is 10.4 Å². The van der Waals surface area contributed by atoms with Crippen molar-refractivity contribution in [1.29, 1.82) is 0 Å². The van der Waals surface area contributed by atoms with Gasteiger partial charge in [-0.05, 0) is 31.3 Å². The molecule has 2 aliphatic rings. The maximum absolute atomic E-state index is 13.2. The van der Waals surface area contributed by atoms with Crippen LogP contribution >= 0.6 is 0 Å². The van der Waals surface area contributed by atoms with Crippen molar-refractivity contribution in [2.75, 3.05) is 26.3 Å². The summed E-state index contributed by atoms with van der Waals surface area (Å²) in [6, 6.07) is 0.0436. The molecule has 10 heteroatoms. The second kappa shape index (κ2) is 9.15. The Morgan fingerprint density at radius 1 is 1.31 bits per heavy atom. The summed E-state index contributed by atoms with van der Waals surface area (Å²) in [7, 11) is 0. The second-order valence-electron chi connectivity index (χ2n) is 8.72. The zero-order chi connectivity index (χ0) is 22.8. The molecule has 3 heterocycles. The van der Waals surface area contributed by atoms with E-state index in [4.69, 9.17) is 4.74 Å². The van der Waals surface area contributed by atoms with Crippen molar-refractivity contribution in [2.45, 2.75) is 45.7 Å². The number of amides is 2. The maximum Gasteiger partial charge on any atom is 0.270 e. The number of hydrogen-bond acceptors (Lipinski definition) is 6. The van der Waals surface area contributed by atoms with Crippen LogP contribution in [0.15, 0.2) is 17.1 Å². The number of hydrogen-bond donors (Lipinski definition) is 2. The highest BCUT2D eigenvalue weighted by Gasteiger charge is 2.29. The quantitative estimate of drug-likeness (QED) is 0.644. The predicted molar refractivity (Wildman–Crippen MR) is 117 cm³/mol. The molecule has 1 aliphatic heterocycles. The summed E-state index contributed by atoms with van der Waals surface area (Å²) < 4.78 is 8.03. The van der Waals surface area contributed by atoms with E-state index in [-0.39, 0.29) is 23.4 Å². The Morgan fingerprint density at radius 2 is 2.09 bits per heavy atom. The molecular weight excluding hydrogens is 414 g/mol. The molecule has 0 unspecified atom stereocenters. The van der Waals surface area contributed by atoms with Crippen LogP contribution in [-0.2, 0) is 16.1 Å². The van der Waals surface area contributed by atoms with E-state index in [1.54, 1.807) is 11.0 Å². The van der Waals surface area contributed by atoms with Crippen LogP contribution in [0.5, 0.6) is 5.88 Å². The molecule has 2 fully saturated rings. The number of aromatic hydroxyl groups is 1. The maximum atomic E-state index is 13.2. The number of carbonyl (C=O) groups excluding carboxylic acids is 2. The average Bonchev–Trinajstić information content (AvgIpc) is 3.51. The van der Waals surface area contributed by atoms with E-state index in [0.717, 1.165) is 19.3 Å². The molecule has 10 nitrogen and oxygen atoms in total. The van der Waals surface area contributed by atoms with E-state index < -0.39 is 17.3 Å². The first-order valence-corrected chi connectivity index (χ1v) is 11.1. The summed E-state index contributed by atoms with van der Waals surface area (Å²) in [5.74, 6) is -1.15. The van der Waals surface area contributed by atoms with E-state index in [1.807, 2.05) is 13.8 Å². The van der Waals surface area contributed by atoms with Gasteiger partial charge in [0.2, 0.25) is 11.8 Å². The Kier molecular flexibility index (Phi) is 6.31. The lowest BCUT2D eigenvalue weighted by Crippen LogP contribution is -2.36. The van der Waals surface area contributed by atoms with Crippen molar-refractivity contribution in [3.8, 4) is 5.88 Å². The fourth-order valence-corrected chi connectivity index (χ4v) is 3.78. The highest BCUT2D eigenvalue weighted by atomic mass is 16.5. The Balaban J connectivity index is 1.73. The summed E-state index contributed by atoms with van der Waals surface area (Å²) in [6.45, 7) is 6.53. The van der Waals surface area contributed by atoms with Gasteiger partial charge in [-0.3, -0.25) is 19.0 Å². The Hall–Kier alpha value is -3.14. The van der Waals surface area contributed by atoms with Crippen LogP contribution in [-0.4, -0.2) is 68.3 Å². The third-order valence-electron chi connectivity index (χ3n) is 5.54. The molecule has 0 spiro atoms. The lowest BCUT2D eigenvalue weighted by atomic mass is 10.2. The molecule has 1 saturated heterocycles. The summed E-state index contributed by atoms with van der Waals surface area (Å²) in [5, 5.41) is 17.7. The second-order valence-corrected chi connectivity index (χ2v) is 8.72. The van der Waals surface area contributed by atoms with Gasteiger partial charge in [0.15, 0.2) is 5.56 Å². The van der Waals surface area contributed by atoms with Gasteiger partial charge in [0.05, 0.1) is 12.8 Å². The van der Waals surface area contributed by atoms with E-state index in [9.17, 15) is 19.5 Å². The fraction of sp³-hybridized carbons (Fsp3) is 0.545. The minimum absolute atomic E-state index is 0.0436. The largest absolute Gasteiger partial charge is 0.492 e. The van der Waals surface area contributed by atoms with E-state index >= 15 is 0 Å². The molecule has 1 saturated carbocycles. The zero-order valence-electron chi connectivity index (χ0n) is 18.4. The number of nitrogens with zero attached hydrogens (tertiary/aromatic N) is 4. The van der Waals surface area contributed by atoms with E-state index in [1.165, 1.54) is 21.4 Å². The van der Waals surface area contributed by atoms with Crippen LogP contribution in [0.2, 0.25) is 0 Å². The fourth-order valence-electron chi connectivity index (χ4n) is 3.78. The van der Waals surface area contributed by atoms with Gasteiger partial charge in [0.25, 0.3) is 11.5 Å². The molecule has 0 radical (unpaired) electrons. The lowest BCUT2D eigenvalue weighted by molar-refractivity contribution is -0.126. The highest BCUT2D eigenvalue weighted by molar-refractivity contribution is 5.97. The van der Waals surface area contributed by atoms with Crippen LogP contribution in [0.25, 0.3) is 11.7 Å². The van der Waals surface area contributed by atoms with Gasteiger partial charge in [-0.1, -0.05) is 13.8 Å². The van der Waals surface area contributed by atoms with Crippen molar-refractivity contribution >= 4 is 23.5 Å². The summed E-state index contributed by atoms with van der Waals surface area (Å²) in [4.78, 5) is 40.2. The molecule has 2 aromatic rings. The molecule has 1 aliphatic carbocycles. The normalized spacial score (nSPS) is 17.3. The zero-order valence-corrected chi connectivity index (χ0v) is 18.4. The number of ether oxygens (including phenoxy) is 1. The third-order valence-corrected chi connectivity index (χ3v) is 5.54. The van der Waals surface area contributed by atoms with Gasteiger partial charge in [-0.15, -0.1) is 0 Å². The minimum atomic E-state index is -0.597. The van der Waals surface area contributed by atoms with Crippen molar-refractivity contribution in [1.82, 2.24) is 24.4 Å². The first-order chi connectivity index (χ1) is 15.4. The molecular formula is C22H29N5O5. The van der Waals surface area contributed by atoms with Crippen molar-refractivity contribution in [3.05, 3.63) is 33.8 Å². The first kappa shape index (κ1) is 22.1. The first-order valence-electron chi connectivity index (χ1n) is 11.1. The Morgan fingerprint density at radius 3 is 2.81 bits per heavy atom. The molecule has 4 rings (SSSR count). The molecule has 2 amide bonds. The number of nitrogens with one attached hydrogen (secondary N) is 1. The SMILES string of the molecule is CC(C)Cn1c(=O)c(C(=O)NC2CC2)c(O)n2ncc(C=CC(=O)N3CCCOCC3)c12. The highest BCUT2D eigenvalue weighted by Crippen LogP contribution is 2.23. The predicted octanol–water partition coefficient (Wildman–Crippen LogP) is 1.01. The van der Waals surface area contributed by atoms with Gasteiger partial charge in [-0.25, -0.2) is 0 Å². The van der Waals surface area contributed by atoms with Crippen LogP contribution in [0.1, 0.15) is 49.0 Å². The lowest BCUT2D eigenvalue weighted by Gasteiger charge is -2.17. The summed E-state index contributed by atoms with van der Waals surface area (Å²) in [5.41, 5.74) is -0.0450. The standard InChI is InChI=1S/C22H29N5O5/c1-14(2)13-26-20-15(4-7-17(28)25-8-3-10-32-11-9-25)12-23-27(20)22(31)18(21(26)30)19(29)24-16-5-6-16/h4,7,12,14,16,31H,3,5-6,8-11,13H2,1-2H3,(H,24,29). The average molecular weight is 444 g/mol. The number of aromatic nitrogens is 3. The topological polar surface area (TPSA) is 118 Å². The Bertz CT molecular complexity index is 1100. The molecule has 32 heavy (non-hydrogen) atoms. The monoisotopic (exact) mass is 443 g/mol. The third kappa shape index (κ3) is 4.55. The van der Waals surface area contributed by atoms with Crippen LogP contribution < -0.4 is 10.9 Å². The molecule has 0 atom stereocenters. The smallest absolute Gasteiger partial charge is 0.270 e. The number of rotatable bonds is 6. The molecule has 0 aromatic carbocycles. The van der Waals surface area contributed by atoms with Crippen molar-refractivity contribution in [3.63, 3.8) is 0 Å². The van der Waals surface area contributed by atoms with E-state index in [0.29, 0.717) is 44.1 Å². The Labute approximate surface area is 185 Å². The van der Waals surface area contributed by atoms with Gasteiger partial charge in [0, 0.05) is 43.9 Å². The van der Waals surface area contributed by atoms with Crippen LogP contribution in [0.3, 0.4) is 0 Å².